The number of anilines is 1. The standard InChI is InChI=1S/C20H22N2O4/c1-25-19(24)22-15-5-3-2-4-14(15)20-8-9-21-11-13(12-26-17(23)10-20)6-7-16(21)18(20)22/h2-6,16,18H,7-12H2,1H3/t16-,18-,20+/m0/s1. The summed E-state index contributed by atoms with van der Waals surface area (Å²) in [5.74, 6) is -0.182. The molecule has 6 heteroatoms. The lowest BCUT2D eigenvalue weighted by Gasteiger charge is -2.53. The third kappa shape index (κ3) is 2.02. The molecule has 1 aromatic carbocycles. The smallest absolute Gasteiger partial charge is 0.414 e. The molecule has 1 unspecified atom stereocenters. The van der Waals surface area contributed by atoms with Crippen molar-refractivity contribution in [2.45, 2.75) is 36.8 Å². The van der Waals surface area contributed by atoms with Crippen molar-refractivity contribution in [3.05, 3.63) is 41.5 Å². The zero-order valence-electron chi connectivity index (χ0n) is 14.8. The summed E-state index contributed by atoms with van der Waals surface area (Å²) >= 11 is 0. The van der Waals surface area contributed by atoms with Gasteiger partial charge in [0.1, 0.15) is 6.61 Å². The molecule has 4 bridgehead atoms. The summed E-state index contributed by atoms with van der Waals surface area (Å²) in [6.07, 6.45) is 3.84. The van der Waals surface area contributed by atoms with Crippen molar-refractivity contribution in [1.82, 2.24) is 4.90 Å². The molecule has 6 aliphatic heterocycles. The summed E-state index contributed by atoms with van der Waals surface area (Å²) in [4.78, 5) is 29.7. The van der Waals surface area contributed by atoms with Gasteiger partial charge in [-0.3, -0.25) is 14.6 Å². The van der Waals surface area contributed by atoms with Gasteiger partial charge in [-0.25, -0.2) is 4.79 Å². The predicted molar refractivity (Wildman–Crippen MR) is 95.0 cm³/mol. The average Bonchev–Trinajstić information content (AvgIpc) is 2.96. The number of esters is 1. The van der Waals surface area contributed by atoms with Gasteiger partial charge >= 0.3 is 12.1 Å². The van der Waals surface area contributed by atoms with Gasteiger partial charge in [0.25, 0.3) is 0 Å². The lowest BCUT2D eigenvalue weighted by molar-refractivity contribution is -0.146. The number of benzene rings is 1. The molecule has 6 nitrogen and oxygen atoms in total. The molecule has 0 N–H and O–H groups in total. The highest BCUT2D eigenvalue weighted by atomic mass is 16.5. The zero-order chi connectivity index (χ0) is 17.9. The van der Waals surface area contributed by atoms with E-state index in [-0.39, 0.29) is 24.1 Å². The second-order valence-electron chi connectivity index (χ2n) is 7.68. The highest BCUT2D eigenvalue weighted by Gasteiger charge is 2.60. The van der Waals surface area contributed by atoms with Gasteiger partial charge in [0.15, 0.2) is 0 Å². The van der Waals surface area contributed by atoms with Crippen LogP contribution in [0.2, 0.25) is 0 Å². The Kier molecular flexibility index (Phi) is 3.41. The van der Waals surface area contributed by atoms with E-state index in [1.54, 1.807) is 4.90 Å². The van der Waals surface area contributed by atoms with Gasteiger partial charge in [-0.05, 0) is 36.6 Å². The number of nitrogens with zero attached hydrogens (tertiary/aromatic N) is 2. The number of rotatable bonds is 0. The number of carbonyl (C=O) groups excluding carboxylic acids is 2. The minimum absolute atomic E-state index is 0.121. The first-order chi connectivity index (χ1) is 12.6. The van der Waals surface area contributed by atoms with E-state index in [0.29, 0.717) is 13.0 Å². The molecule has 7 rings (SSSR count). The Hall–Kier alpha value is -2.34. The maximum Gasteiger partial charge on any atom is 0.414 e. The van der Waals surface area contributed by atoms with Gasteiger partial charge in [0, 0.05) is 18.0 Å². The minimum Gasteiger partial charge on any atom is -0.461 e. The normalized spacial score (nSPS) is 34.7. The number of hydrogen-bond donors (Lipinski definition) is 0. The number of para-hydroxylation sites is 1. The number of ether oxygens (including phenoxy) is 2. The van der Waals surface area contributed by atoms with Crippen molar-refractivity contribution in [1.29, 1.82) is 0 Å². The molecule has 1 spiro atoms. The van der Waals surface area contributed by atoms with E-state index in [4.69, 9.17) is 9.47 Å². The molecule has 136 valence electrons. The van der Waals surface area contributed by atoms with Gasteiger partial charge in [0.05, 0.1) is 25.3 Å². The van der Waals surface area contributed by atoms with Crippen molar-refractivity contribution in [3.63, 3.8) is 0 Å². The van der Waals surface area contributed by atoms with E-state index in [9.17, 15) is 9.59 Å². The van der Waals surface area contributed by atoms with E-state index in [0.717, 1.165) is 42.8 Å². The molecule has 26 heavy (non-hydrogen) atoms. The molecule has 1 aromatic rings. The van der Waals surface area contributed by atoms with Crippen LogP contribution in [0.4, 0.5) is 10.5 Å². The summed E-state index contributed by atoms with van der Waals surface area (Å²) in [6, 6.07) is 8.01. The van der Waals surface area contributed by atoms with Crippen molar-refractivity contribution in [2.75, 3.05) is 31.7 Å². The van der Waals surface area contributed by atoms with Crippen molar-refractivity contribution in [3.8, 4) is 0 Å². The Morgan fingerprint density at radius 1 is 1.35 bits per heavy atom. The summed E-state index contributed by atoms with van der Waals surface area (Å²) in [5, 5.41) is 0. The Labute approximate surface area is 152 Å². The van der Waals surface area contributed by atoms with Crippen LogP contribution in [-0.2, 0) is 19.7 Å². The van der Waals surface area contributed by atoms with Crippen molar-refractivity contribution in [2.24, 2.45) is 0 Å². The Morgan fingerprint density at radius 2 is 2.19 bits per heavy atom. The maximum absolute atomic E-state index is 12.8. The second kappa shape index (κ2) is 5.58. The fourth-order valence-electron chi connectivity index (χ4n) is 5.46. The molecule has 6 aliphatic rings. The zero-order valence-corrected chi connectivity index (χ0v) is 14.8. The molecule has 4 atom stereocenters. The molecule has 3 fully saturated rings. The molecule has 0 saturated carbocycles. The molecule has 3 saturated heterocycles. The first-order valence-electron chi connectivity index (χ1n) is 9.18. The summed E-state index contributed by atoms with van der Waals surface area (Å²) in [7, 11) is 1.42. The summed E-state index contributed by atoms with van der Waals surface area (Å²) in [5.41, 5.74) is 2.69. The van der Waals surface area contributed by atoms with Crippen molar-refractivity contribution >= 4 is 17.7 Å². The Morgan fingerprint density at radius 3 is 3.04 bits per heavy atom. The third-order valence-corrected chi connectivity index (χ3v) is 6.53. The fraction of sp³-hybridized carbons (Fsp3) is 0.500. The molecule has 1 amide bonds. The predicted octanol–water partition coefficient (Wildman–Crippen LogP) is 2.23. The minimum atomic E-state index is -0.411. The first-order valence-corrected chi connectivity index (χ1v) is 9.18. The molecular formula is C20H22N2O4. The van der Waals surface area contributed by atoms with E-state index in [2.05, 4.69) is 17.0 Å². The maximum atomic E-state index is 12.8. The highest BCUT2D eigenvalue weighted by molar-refractivity contribution is 5.93. The number of amides is 1. The summed E-state index contributed by atoms with van der Waals surface area (Å²) in [6.45, 7) is 2.11. The van der Waals surface area contributed by atoms with Crippen LogP contribution in [0, 0.1) is 0 Å². The van der Waals surface area contributed by atoms with Crippen LogP contribution in [0.15, 0.2) is 35.9 Å². The average molecular weight is 354 g/mol. The molecule has 0 aromatic heterocycles. The molecule has 0 radical (unpaired) electrons. The number of carbonyl (C=O) groups is 2. The highest BCUT2D eigenvalue weighted by Crippen LogP contribution is 2.55. The van der Waals surface area contributed by atoms with Crippen LogP contribution in [0.5, 0.6) is 0 Å². The lowest BCUT2D eigenvalue weighted by atomic mass is 9.65. The van der Waals surface area contributed by atoms with Crippen LogP contribution >= 0.6 is 0 Å². The number of hydrogen-bond acceptors (Lipinski definition) is 5. The monoisotopic (exact) mass is 354 g/mol. The van der Waals surface area contributed by atoms with Crippen LogP contribution in [-0.4, -0.2) is 55.9 Å². The number of piperidine rings is 1. The number of fused-ring (bicyclic) bond motifs is 3. The van der Waals surface area contributed by atoms with Crippen LogP contribution in [0.25, 0.3) is 0 Å². The Balaban J connectivity index is 1.74. The molecular weight excluding hydrogens is 332 g/mol. The van der Waals surface area contributed by atoms with Crippen molar-refractivity contribution < 1.29 is 19.1 Å². The van der Waals surface area contributed by atoms with E-state index in [1.807, 2.05) is 18.2 Å². The fourth-order valence-corrected chi connectivity index (χ4v) is 5.46. The van der Waals surface area contributed by atoms with Gasteiger partial charge in [-0.15, -0.1) is 0 Å². The van der Waals surface area contributed by atoms with Gasteiger partial charge < -0.3 is 9.47 Å². The van der Waals surface area contributed by atoms with Crippen LogP contribution in [0.1, 0.15) is 24.8 Å². The Bertz CT molecular complexity index is 820. The second-order valence-corrected chi connectivity index (χ2v) is 7.68. The molecule has 0 aliphatic carbocycles. The quantitative estimate of drug-likeness (QED) is 0.528. The number of methoxy groups -OCH3 is 1. The summed E-state index contributed by atoms with van der Waals surface area (Å²) < 4.78 is 10.7. The largest absolute Gasteiger partial charge is 0.461 e. The van der Waals surface area contributed by atoms with Crippen LogP contribution < -0.4 is 4.90 Å². The SMILES string of the molecule is COC(=O)N1c2ccccc2[C@]23CCN4CC(=CC[C@H]4[C@H]12)COC(=O)C3. The topological polar surface area (TPSA) is 59.1 Å². The van der Waals surface area contributed by atoms with E-state index >= 15 is 0 Å². The van der Waals surface area contributed by atoms with E-state index < -0.39 is 5.41 Å². The van der Waals surface area contributed by atoms with E-state index in [1.165, 1.54) is 7.11 Å². The van der Waals surface area contributed by atoms with Crippen LogP contribution in [0.3, 0.4) is 0 Å². The lowest BCUT2D eigenvalue weighted by Crippen LogP contribution is -2.65. The van der Waals surface area contributed by atoms with Gasteiger partial charge in [0.2, 0.25) is 0 Å². The van der Waals surface area contributed by atoms with Gasteiger partial charge in [-0.2, -0.15) is 0 Å². The first kappa shape index (κ1) is 15.9. The third-order valence-electron chi connectivity index (χ3n) is 6.53. The molecule has 6 heterocycles. The van der Waals surface area contributed by atoms with Gasteiger partial charge in [-0.1, -0.05) is 24.3 Å².